The lowest BCUT2D eigenvalue weighted by Gasteiger charge is -2.39. The summed E-state index contributed by atoms with van der Waals surface area (Å²) < 4.78 is 5.47. The van der Waals surface area contributed by atoms with E-state index in [4.69, 9.17) is 4.74 Å². The van der Waals surface area contributed by atoms with E-state index in [1.54, 1.807) is 4.90 Å². The predicted octanol–water partition coefficient (Wildman–Crippen LogP) is 1.47. The molecule has 2 aliphatic rings. The Morgan fingerprint density at radius 3 is 2.78 bits per heavy atom. The number of nitrogens with one attached hydrogen (secondary N) is 1. The monoisotopic (exact) mass is 374 g/mol. The lowest BCUT2D eigenvalue weighted by molar-refractivity contribution is 0.0137. The van der Waals surface area contributed by atoms with Gasteiger partial charge in [-0.25, -0.2) is 4.79 Å². The van der Waals surface area contributed by atoms with E-state index >= 15 is 0 Å². The fourth-order valence-corrected chi connectivity index (χ4v) is 3.39. The minimum absolute atomic E-state index is 0.167. The molecule has 2 unspecified atom stereocenters. The quantitative estimate of drug-likeness (QED) is 0.835. The molecule has 2 heterocycles. The number of aliphatic hydroxyl groups is 1. The van der Waals surface area contributed by atoms with Crippen molar-refractivity contribution in [3.05, 3.63) is 35.9 Å². The predicted molar refractivity (Wildman–Crippen MR) is 105 cm³/mol. The van der Waals surface area contributed by atoms with Gasteiger partial charge >= 0.3 is 6.09 Å². The Morgan fingerprint density at radius 1 is 1.33 bits per heavy atom. The van der Waals surface area contributed by atoms with Crippen LogP contribution >= 0.6 is 0 Å². The molecule has 1 fully saturated rings. The van der Waals surface area contributed by atoms with Crippen molar-refractivity contribution in [1.82, 2.24) is 15.1 Å². The molecule has 2 atom stereocenters. The molecule has 0 bridgehead atoms. The van der Waals surface area contributed by atoms with Crippen LogP contribution in [-0.4, -0.2) is 77.4 Å². The van der Waals surface area contributed by atoms with E-state index in [1.807, 2.05) is 51.1 Å². The molecule has 1 aromatic rings. The van der Waals surface area contributed by atoms with Crippen LogP contribution in [0.5, 0.6) is 0 Å². The fraction of sp³-hybridized carbons (Fsp3) is 0.600. The standard InChI is InChI=1S/C20H30N4O3/c1-20(2,3)27-19(26)23-9-10-24-16(14-23)12-21-18(24)22-13-17(25)11-15-7-5-4-6-8-15/h4-8,16-17,25H,9-14H2,1-3H3,(H,21,22). The maximum atomic E-state index is 12.3. The molecule has 1 saturated heterocycles. The Morgan fingerprint density at radius 2 is 2.07 bits per heavy atom. The van der Waals surface area contributed by atoms with Crippen LogP contribution in [0, 0.1) is 0 Å². The number of hydrogen-bond acceptors (Lipinski definition) is 6. The Hall–Kier alpha value is -2.28. The second-order valence-corrected chi connectivity index (χ2v) is 8.16. The highest BCUT2D eigenvalue weighted by molar-refractivity contribution is 5.82. The molecular weight excluding hydrogens is 344 g/mol. The van der Waals surface area contributed by atoms with Gasteiger partial charge in [0.25, 0.3) is 0 Å². The van der Waals surface area contributed by atoms with Crippen LogP contribution in [0.25, 0.3) is 0 Å². The lowest BCUT2D eigenvalue weighted by Crippen LogP contribution is -2.58. The molecule has 0 saturated carbocycles. The molecule has 2 N–H and O–H groups in total. The van der Waals surface area contributed by atoms with Gasteiger partial charge < -0.3 is 25.0 Å². The fourth-order valence-electron chi connectivity index (χ4n) is 3.39. The van der Waals surface area contributed by atoms with Crippen LogP contribution in [0.4, 0.5) is 4.79 Å². The number of amides is 1. The van der Waals surface area contributed by atoms with Gasteiger partial charge in [-0.2, -0.15) is 0 Å². The molecule has 7 heteroatoms. The van der Waals surface area contributed by atoms with Crippen LogP contribution in [0.15, 0.2) is 35.3 Å². The number of rotatable bonds is 4. The summed E-state index contributed by atoms with van der Waals surface area (Å²) in [7, 11) is 0. The minimum Gasteiger partial charge on any atom is -0.444 e. The summed E-state index contributed by atoms with van der Waals surface area (Å²) in [5, 5.41) is 13.6. The normalized spacial score (nSPS) is 20.7. The average Bonchev–Trinajstić information content (AvgIpc) is 3.01. The summed E-state index contributed by atoms with van der Waals surface area (Å²) in [6, 6.07) is 10.1. The number of fused-ring (bicyclic) bond motifs is 1. The van der Waals surface area contributed by atoms with Crippen molar-refractivity contribution >= 4 is 12.1 Å². The van der Waals surface area contributed by atoms with Crippen LogP contribution in [-0.2, 0) is 11.2 Å². The lowest BCUT2D eigenvalue weighted by atomic mass is 10.1. The van der Waals surface area contributed by atoms with Gasteiger partial charge in [-0.15, -0.1) is 0 Å². The van der Waals surface area contributed by atoms with E-state index in [2.05, 4.69) is 15.2 Å². The topological polar surface area (TPSA) is 77.4 Å². The Kier molecular flexibility index (Phi) is 5.89. The molecule has 3 rings (SSSR count). The van der Waals surface area contributed by atoms with Gasteiger partial charge in [-0.05, 0) is 26.3 Å². The first kappa shape index (κ1) is 19.5. The third-order valence-electron chi connectivity index (χ3n) is 4.67. The molecule has 1 aromatic carbocycles. The summed E-state index contributed by atoms with van der Waals surface area (Å²) in [4.78, 5) is 20.8. The minimum atomic E-state index is -0.484. The maximum Gasteiger partial charge on any atom is 0.410 e. The summed E-state index contributed by atoms with van der Waals surface area (Å²) in [5.41, 5.74) is 0.631. The van der Waals surface area contributed by atoms with E-state index in [0.29, 0.717) is 39.1 Å². The number of piperazine rings is 1. The first-order chi connectivity index (χ1) is 12.8. The molecule has 2 aliphatic heterocycles. The van der Waals surface area contributed by atoms with Gasteiger partial charge in [0.15, 0.2) is 5.96 Å². The van der Waals surface area contributed by atoms with Crippen molar-refractivity contribution in [2.75, 3.05) is 32.7 Å². The highest BCUT2D eigenvalue weighted by atomic mass is 16.6. The molecule has 0 radical (unpaired) electrons. The molecule has 7 nitrogen and oxygen atoms in total. The van der Waals surface area contributed by atoms with Gasteiger partial charge in [0.05, 0.1) is 18.7 Å². The van der Waals surface area contributed by atoms with Crippen molar-refractivity contribution in [1.29, 1.82) is 0 Å². The second-order valence-electron chi connectivity index (χ2n) is 8.16. The van der Waals surface area contributed by atoms with Crippen molar-refractivity contribution in [3.8, 4) is 0 Å². The average molecular weight is 374 g/mol. The van der Waals surface area contributed by atoms with E-state index in [1.165, 1.54) is 0 Å². The number of aliphatic imine (C=N–C) groups is 1. The number of benzene rings is 1. The highest BCUT2D eigenvalue weighted by Crippen LogP contribution is 2.18. The number of carbonyl (C=O) groups excluding carboxylic acids is 1. The SMILES string of the molecule is CC(C)(C)OC(=O)N1CCN2C(NCC(O)Cc3ccccc3)=NCC2C1. The zero-order valence-electron chi connectivity index (χ0n) is 16.4. The van der Waals surface area contributed by atoms with Gasteiger partial charge in [0.1, 0.15) is 5.60 Å². The summed E-state index contributed by atoms with van der Waals surface area (Å²) in [5.74, 6) is 0.816. The van der Waals surface area contributed by atoms with Crippen molar-refractivity contribution in [2.45, 2.75) is 44.9 Å². The van der Waals surface area contributed by atoms with E-state index in [9.17, 15) is 9.90 Å². The Labute approximate surface area is 161 Å². The largest absolute Gasteiger partial charge is 0.444 e. The third-order valence-corrected chi connectivity index (χ3v) is 4.67. The Bertz CT molecular complexity index is 672. The van der Waals surface area contributed by atoms with Crippen LogP contribution in [0.2, 0.25) is 0 Å². The molecule has 1 amide bonds. The number of nitrogens with zero attached hydrogens (tertiary/aromatic N) is 3. The van der Waals surface area contributed by atoms with Crippen molar-refractivity contribution in [2.24, 2.45) is 4.99 Å². The van der Waals surface area contributed by atoms with Gasteiger partial charge in [-0.1, -0.05) is 30.3 Å². The van der Waals surface area contributed by atoms with E-state index in [0.717, 1.165) is 11.5 Å². The zero-order chi connectivity index (χ0) is 19.4. The number of guanidine groups is 1. The van der Waals surface area contributed by atoms with Gasteiger partial charge in [0.2, 0.25) is 0 Å². The second kappa shape index (κ2) is 8.17. The number of carbonyl (C=O) groups is 1. The first-order valence-corrected chi connectivity index (χ1v) is 9.57. The Balaban J connectivity index is 1.45. The third kappa shape index (κ3) is 5.35. The van der Waals surface area contributed by atoms with Crippen molar-refractivity contribution < 1.29 is 14.6 Å². The maximum absolute atomic E-state index is 12.3. The van der Waals surface area contributed by atoms with Crippen LogP contribution in [0.1, 0.15) is 26.3 Å². The summed E-state index contributed by atoms with van der Waals surface area (Å²) in [6.45, 7) is 8.66. The molecule has 0 aliphatic carbocycles. The highest BCUT2D eigenvalue weighted by Gasteiger charge is 2.36. The number of ether oxygens (including phenoxy) is 1. The van der Waals surface area contributed by atoms with Crippen LogP contribution < -0.4 is 5.32 Å². The summed E-state index contributed by atoms with van der Waals surface area (Å²) in [6.07, 6.45) is -0.129. The summed E-state index contributed by atoms with van der Waals surface area (Å²) >= 11 is 0. The number of hydrogen-bond donors (Lipinski definition) is 2. The molecule has 0 spiro atoms. The van der Waals surface area contributed by atoms with E-state index in [-0.39, 0.29) is 12.1 Å². The van der Waals surface area contributed by atoms with Crippen LogP contribution in [0.3, 0.4) is 0 Å². The van der Waals surface area contributed by atoms with Gasteiger partial charge in [-0.3, -0.25) is 4.99 Å². The van der Waals surface area contributed by atoms with Crippen molar-refractivity contribution in [3.63, 3.8) is 0 Å². The molecule has 148 valence electrons. The molecular formula is C20H30N4O3. The first-order valence-electron chi connectivity index (χ1n) is 9.57. The number of aliphatic hydroxyl groups excluding tert-OH is 1. The molecule has 27 heavy (non-hydrogen) atoms. The van der Waals surface area contributed by atoms with Gasteiger partial charge in [0, 0.05) is 32.6 Å². The molecule has 0 aromatic heterocycles. The smallest absolute Gasteiger partial charge is 0.410 e. The van der Waals surface area contributed by atoms with E-state index < -0.39 is 11.7 Å². The zero-order valence-corrected chi connectivity index (χ0v) is 16.4.